The molecule has 2 amide bonds. The van der Waals surface area contributed by atoms with E-state index in [0.717, 1.165) is 0 Å². The highest BCUT2D eigenvalue weighted by atomic mass is 32.1. The van der Waals surface area contributed by atoms with Crippen LogP contribution < -0.4 is 5.73 Å². The number of nitrogens with two attached hydrogens (primary N) is 1. The Bertz CT molecular complexity index is 157. The molecule has 4 nitrogen and oxygen atoms in total. The van der Waals surface area contributed by atoms with Crippen molar-refractivity contribution in [2.24, 2.45) is 5.73 Å². The maximum atomic E-state index is 9.93. The van der Waals surface area contributed by atoms with Crippen molar-refractivity contribution in [1.82, 2.24) is 4.90 Å². The summed E-state index contributed by atoms with van der Waals surface area (Å²) in [6.45, 7) is 5.25. The fourth-order valence-corrected chi connectivity index (χ4v) is 0. The van der Waals surface area contributed by atoms with Crippen molar-refractivity contribution in [2.75, 3.05) is 14.1 Å². The highest BCUT2D eigenvalue weighted by molar-refractivity contribution is 7.96. The molecule has 0 aromatic carbocycles. The topological polar surface area (TPSA) is 63.4 Å². The zero-order chi connectivity index (χ0) is 11.4. The Balaban J connectivity index is -0.000000125. The number of primary amides is 1. The minimum atomic E-state index is -0.639. The van der Waals surface area contributed by atoms with E-state index in [-0.39, 0.29) is 5.24 Å². The third-order valence-electron chi connectivity index (χ3n) is 0.383. The van der Waals surface area contributed by atoms with Gasteiger partial charge in [-0.2, -0.15) is 0 Å². The minimum absolute atomic E-state index is 0.213. The molecule has 13 heavy (non-hydrogen) atoms. The van der Waals surface area contributed by atoms with E-state index in [4.69, 9.17) is 4.79 Å². The number of nitrogens with zero attached hydrogens (tertiary/aromatic N) is 1. The summed E-state index contributed by atoms with van der Waals surface area (Å²) in [5.41, 5.74) is 4.34. The first kappa shape index (κ1) is 18.2. The third kappa shape index (κ3) is 87.6. The Morgan fingerprint density at radius 3 is 1.46 bits per heavy atom. The fraction of sp³-hybridized carbons (Fsp3) is 0.429. The molecule has 6 heteroatoms. The van der Waals surface area contributed by atoms with Crippen molar-refractivity contribution in [1.29, 1.82) is 0 Å². The zero-order valence-electron chi connectivity index (χ0n) is 8.02. The third-order valence-corrected chi connectivity index (χ3v) is 0.783. The molecule has 0 fully saturated rings. The van der Waals surface area contributed by atoms with Gasteiger partial charge in [0.15, 0.2) is 0 Å². The molecule has 0 spiro atoms. The molecule has 0 saturated carbocycles. The van der Waals surface area contributed by atoms with E-state index in [0.29, 0.717) is 0 Å². The van der Waals surface area contributed by atoms with Gasteiger partial charge >= 0.3 is 0 Å². The molecule has 78 valence electrons. The highest BCUT2D eigenvalue weighted by Gasteiger charge is 1.89. The van der Waals surface area contributed by atoms with E-state index in [1.165, 1.54) is 4.90 Å². The van der Waals surface area contributed by atoms with E-state index >= 15 is 0 Å². The number of rotatable bonds is 0. The van der Waals surface area contributed by atoms with Gasteiger partial charge in [-0.15, -0.1) is 6.58 Å². The van der Waals surface area contributed by atoms with Gasteiger partial charge < -0.3 is 10.6 Å². The smallest absolute Gasteiger partial charge is 0.278 e. The SMILES string of the molecule is C=CC.CN(C)C(=O)S.NC(=O)S. The summed E-state index contributed by atoms with van der Waals surface area (Å²) in [6, 6.07) is 0. The lowest BCUT2D eigenvalue weighted by atomic mass is 10.8. The van der Waals surface area contributed by atoms with E-state index in [2.05, 4.69) is 37.6 Å². The molecule has 0 aromatic rings. The molecular formula is C7H16N2O2S2. The first-order valence-electron chi connectivity index (χ1n) is 3.25. The van der Waals surface area contributed by atoms with Gasteiger partial charge in [0, 0.05) is 14.1 Å². The van der Waals surface area contributed by atoms with Crippen molar-refractivity contribution in [3.05, 3.63) is 12.7 Å². The number of thiol groups is 2. The molecular weight excluding hydrogens is 208 g/mol. The largest absolute Gasteiger partial charge is 0.361 e. The zero-order valence-corrected chi connectivity index (χ0v) is 9.81. The van der Waals surface area contributed by atoms with Gasteiger partial charge in [0.2, 0.25) is 0 Å². The summed E-state index contributed by atoms with van der Waals surface area (Å²) in [4.78, 5) is 20.4. The summed E-state index contributed by atoms with van der Waals surface area (Å²) >= 11 is 6.58. The molecule has 0 aromatic heterocycles. The quantitative estimate of drug-likeness (QED) is 0.434. The van der Waals surface area contributed by atoms with Gasteiger partial charge in [0.25, 0.3) is 10.5 Å². The van der Waals surface area contributed by atoms with Crippen molar-refractivity contribution >= 4 is 35.7 Å². The van der Waals surface area contributed by atoms with Crippen LogP contribution in [0.4, 0.5) is 9.59 Å². The Kier molecular flexibility index (Phi) is 19.5. The highest BCUT2D eigenvalue weighted by Crippen LogP contribution is 1.82. The molecule has 2 N–H and O–H groups in total. The summed E-state index contributed by atoms with van der Waals surface area (Å²) < 4.78 is 0. The number of allylic oxidation sites excluding steroid dienone is 1. The molecule has 0 heterocycles. The summed E-state index contributed by atoms with van der Waals surface area (Å²) in [6.07, 6.45) is 1.75. The van der Waals surface area contributed by atoms with E-state index < -0.39 is 5.24 Å². The maximum Gasteiger partial charge on any atom is 0.278 e. The molecule has 0 radical (unpaired) electrons. The summed E-state index contributed by atoms with van der Waals surface area (Å²) in [5.74, 6) is 0. The van der Waals surface area contributed by atoms with Crippen LogP contribution in [0.15, 0.2) is 12.7 Å². The lowest BCUT2D eigenvalue weighted by Crippen LogP contribution is -2.13. The monoisotopic (exact) mass is 224 g/mol. The van der Waals surface area contributed by atoms with Crippen LogP contribution in [0.5, 0.6) is 0 Å². The Hall–Kier alpha value is -0.620. The Labute approximate surface area is 90.0 Å². The number of hydrogen-bond acceptors (Lipinski definition) is 2. The number of amides is 2. The number of carbonyl (C=O) groups is 2. The average Bonchev–Trinajstić information content (AvgIpc) is 1.87. The van der Waals surface area contributed by atoms with Gasteiger partial charge in [0.05, 0.1) is 0 Å². The second-order valence-electron chi connectivity index (χ2n) is 1.92. The molecule has 0 saturated heterocycles. The fourth-order valence-electron chi connectivity index (χ4n) is 0. The van der Waals surface area contributed by atoms with Gasteiger partial charge in [0.1, 0.15) is 0 Å². The van der Waals surface area contributed by atoms with Crippen LogP contribution >= 0.6 is 25.3 Å². The van der Waals surface area contributed by atoms with Crippen LogP contribution in [0.1, 0.15) is 6.92 Å². The molecule has 0 aliphatic heterocycles. The molecule has 0 bridgehead atoms. The van der Waals surface area contributed by atoms with Crippen LogP contribution in [0.25, 0.3) is 0 Å². The van der Waals surface area contributed by atoms with Crippen LogP contribution in [0.3, 0.4) is 0 Å². The van der Waals surface area contributed by atoms with Gasteiger partial charge in [-0.25, -0.2) is 0 Å². The average molecular weight is 224 g/mol. The van der Waals surface area contributed by atoms with Crippen LogP contribution in [0, 0.1) is 0 Å². The molecule has 0 aliphatic carbocycles. The standard InChI is InChI=1S/C3H7NOS.C3H6.CH3NOS/c1-4(2)3(5)6;1-3-2;2-1(3)4/h1-2H3,(H,5,6);3H,1H2,2H3;(H3,2,3,4). The van der Waals surface area contributed by atoms with Gasteiger partial charge in [-0.3, -0.25) is 9.59 Å². The van der Waals surface area contributed by atoms with E-state index in [1.807, 2.05) is 6.92 Å². The van der Waals surface area contributed by atoms with E-state index in [9.17, 15) is 4.79 Å². The van der Waals surface area contributed by atoms with Gasteiger partial charge in [-0.1, -0.05) is 31.3 Å². The lowest BCUT2D eigenvalue weighted by molar-refractivity contribution is 0.241. The van der Waals surface area contributed by atoms with Crippen LogP contribution in [0.2, 0.25) is 0 Å². The van der Waals surface area contributed by atoms with Crippen molar-refractivity contribution in [2.45, 2.75) is 6.92 Å². The first-order chi connectivity index (χ1) is 5.79. The predicted molar refractivity (Wildman–Crippen MR) is 62.5 cm³/mol. The predicted octanol–water partition coefficient (Wildman–Crippen LogP) is 1.79. The molecule has 0 aliphatic rings. The van der Waals surface area contributed by atoms with Crippen molar-refractivity contribution in [3.8, 4) is 0 Å². The summed E-state index contributed by atoms with van der Waals surface area (Å²) in [5, 5.41) is -0.852. The number of hydrogen-bond donors (Lipinski definition) is 3. The lowest BCUT2D eigenvalue weighted by Gasteiger charge is -2.01. The maximum absolute atomic E-state index is 9.93. The van der Waals surface area contributed by atoms with Crippen molar-refractivity contribution < 1.29 is 9.59 Å². The Morgan fingerprint density at radius 2 is 1.46 bits per heavy atom. The number of carbonyl (C=O) groups excluding carboxylic acids is 2. The second kappa shape index (κ2) is 13.9. The minimum Gasteiger partial charge on any atom is -0.361 e. The van der Waals surface area contributed by atoms with Gasteiger partial charge in [-0.05, 0) is 6.92 Å². The molecule has 0 atom stereocenters. The molecule has 0 rings (SSSR count). The van der Waals surface area contributed by atoms with E-state index in [1.54, 1.807) is 20.2 Å². The van der Waals surface area contributed by atoms with Crippen LogP contribution in [-0.2, 0) is 0 Å². The second-order valence-corrected chi connectivity index (χ2v) is 2.75. The summed E-state index contributed by atoms with van der Waals surface area (Å²) in [7, 11) is 3.30. The first-order valence-corrected chi connectivity index (χ1v) is 4.14. The van der Waals surface area contributed by atoms with Crippen LogP contribution in [-0.4, -0.2) is 29.5 Å². The molecule has 0 unspecified atom stereocenters. The Morgan fingerprint density at radius 1 is 1.38 bits per heavy atom. The van der Waals surface area contributed by atoms with Crippen molar-refractivity contribution in [3.63, 3.8) is 0 Å². The normalized spacial score (nSPS) is 6.54.